The number of halogens is 2. The van der Waals surface area contributed by atoms with Crippen molar-refractivity contribution in [3.8, 4) is 0 Å². The molecule has 0 radical (unpaired) electrons. The Labute approximate surface area is 199 Å². The molecule has 3 rings (SSSR count). The van der Waals surface area contributed by atoms with Gasteiger partial charge in [-0.15, -0.1) is 0 Å². The van der Waals surface area contributed by atoms with Crippen molar-refractivity contribution in [2.24, 2.45) is 0 Å². The summed E-state index contributed by atoms with van der Waals surface area (Å²) >= 11 is 12.0. The van der Waals surface area contributed by atoms with E-state index in [0.29, 0.717) is 23.1 Å². The second-order valence-electron chi connectivity index (χ2n) is 7.65. The summed E-state index contributed by atoms with van der Waals surface area (Å²) < 4.78 is 0. The maximum absolute atomic E-state index is 13.2. The lowest BCUT2D eigenvalue weighted by Crippen LogP contribution is -2.48. The predicted octanol–water partition coefficient (Wildman–Crippen LogP) is 5.31. The average Bonchev–Trinajstić information content (AvgIpc) is 2.80. The van der Waals surface area contributed by atoms with Gasteiger partial charge in [0, 0.05) is 23.1 Å². The van der Waals surface area contributed by atoms with E-state index in [-0.39, 0.29) is 18.2 Å². The van der Waals surface area contributed by atoms with Crippen molar-refractivity contribution < 1.29 is 9.59 Å². The van der Waals surface area contributed by atoms with Crippen LogP contribution in [-0.2, 0) is 29.0 Å². The maximum Gasteiger partial charge on any atom is 0.242 e. The van der Waals surface area contributed by atoms with Gasteiger partial charge in [0.25, 0.3) is 0 Å². The van der Waals surface area contributed by atoms with Crippen LogP contribution in [-0.4, -0.2) is 29.3 Å². The molecule has 32 heavy (non-hydrogen) atoms. The van der Waals surface area contributed by atoms with Crippen LogP contribution < -0.4 is 5.32 Å². The van der Waals surface area contributed by atoms with Gasteiger partial charge in [0.1, 0.15) is 6.04 Å². The predicted molar refractivity (Wildman–Crippen MR) is 130 cm³/mol. The zero-order valence-electron chi connectivity index (χ0n) is 17.9. The van der Waals surface area contributed by atoms with E-state index >= 15 is 0 Å². The molecule has 0 aromatic heterocycles. The van der Waals surface area contributed by atoms with Crippen molar-refractivity contribution in [2.45, 2.75) is 32.4 Å². The lowest BCUT2D eigenvalue weighted by Gasteiger charge is -2.29. The van der Waals surface area contributed by atoms with Gasteiger partial charge in [-0.25, -0.2) is 0 Å². The number of hydrogen-bond donors (Lipinski definition) is 1. The van der Waals surface area contributed by atoms with Crippen LogP contribution >= 0.6 is 23.2 Å². The number of hydrogen-bond acceptors (Lipinski definition) is 2. The summed E-state index contributed by atoms with van der Waals surface area (Å²) in [4.78, 5) is 27.7. The summed E-state index contributed by atoms with van der Waals surface area (Å²) in [6.45, 7) is 2.58. The topological polar surface area (TPSA) is 49.4 Å². The SMILES string of the molecule is C[C@H](C(=O)NCCc1ccccc1)N(Cc1ccc(Cl)cc1)C(=O)Cc1ccc(Cl)cc1. The number of rotatable bonds is 9. The zero-order chi connectivity index (χ0) is 22.9. The molecule has 0 saturated heterocycles. The largest absolute Gasteiger partial charge is 0.354 e. The second-order valence-corrected chi connectivity index (χ2v) is 8.53. The van der Waals surface area contributed by atoms with E-state index in [1.54, 1.807) is 36.1 Å². The quantitative estimate of drug-likeness (QED) is 0.462. The fourth-order valence-electron chi connectivity index (χ4n) is 3.37. The summed E-state index contributed by atoms with van der Waals surface area (Å²) in [7, 11) is 0. The fourth-order valence-corrected chi connectivity index (χ4v) is 3.62. The molecule has 0 heterocycles. The highest BCUT2D eigenvalue weighted by atomic mass is 35.5. The number of nitrogens with one attached hydrogen (secondary N) is 1. The van der Waals surface area contributed by atoms with Crippen LogP contribution in [0.4, 0.5) is 0 Å². The second kappa shape index (κ2) is 11.7. The monoisotopic (exact) mass is 468 g/mol. The smallest absolute Gasteiger partial charge is 0.242 e. The molecule has 3 aromatic rings. The summed E-state index contributed by atoms with van der Waals surface area (Å²) in [5.41, 5.74) is 2.90. The fraction of sp³-hybridized carbons (Fsp3) is 0.231. The molecule has 2 amide bonds. The van der Waals surface area contributed by atoms with E-state index in [1.165, 1.54) is 0 Å². The van der Waals surface area contributed by atoms with Gasteiger partial charge in [-0.2, -0.15) is 0 Å². The highest BCUT2D eigenvalue weighted by molar-refractivity contribution is 6.30. The Hall–Kier alpha value is -2.82. The molecule has 0 spiro atoms. The van der Waals surface area contributed by atoms with Crippen molar-refractivity contribution in [3.63, 3.8) is 0 Å². The molecule has 3 aromatic carbocycles. The van der Waals surface area contributed by atoms with Crippen LogP contribution in [0.5, 0.6) is 0 Å². The van der Waals surface area contributed by atoms with Gasteiger partial charge in [-0.05, 0) is 54.3 Å². The van der Waals surface area contributed by atoms with Crippen LogP contribution in [0, 0.1) is 0 Å². The van der Waals surface area contributed by atoms with E-state index in [1.807, 2.05) is 54.6 Å². The Morgan fingerprint density at radius 2 is 1.38 bits per heavy atom. The molecular weight excluding hydrogens is 443 g/mol. The summed E-state index contributed by atoms with van der Waals surface area (Å²) in [6.07, 6.45) is 0.918. The number of amides is 2. The third-order valence-corrected chi connectivity index (χ3v) is 5.76. The Morgan fingerprint density at radius 3 is 1.97 bits per heavy atom. The standard InChI is InChI=1S/C26H26Cl2N2O2/c1-19(26(32)29-16-15-20-5-3-2-4-6-20)30(18-22-9-13-24(28)14-10-22)25(31)17-21-7-11-23(27)12-8-21/h2-14,19H,15-18H2,1H3,(H,29,32)/t19-/m1/s1. The van der Waals surface area contributed by atoms with E-state index in [0.717, 1.165) is 23.1 Å². The van der Waals surface area contributed by atoms with Crippen LogP contribution in [0.15, 0.2) is 78.9 Å². The van der Waals surface area contributed by atoms with E-state index in [9.17, 15) is 9.59 Å². The minimum Gasteiger partial charge on any atom is -0.354 e. The number of nitrogens with zero attached hydrogens (tertiary/aromatic N) is 1. The van der Waals surface area contributed by atoms with Crippen molar-refractivity contribution in [1.29, 1.82) is 0 Å². The van der Waals surface area contributed by atoms with E-state index < -0.39 is 6.04 Å². The van der Waals surface area contributed by atoms with Crippen molar-refractivity contribution in [3.05, 3.63) is 106 Å². The molecule has 1 N–H and O–H groups in total. The molecule has 1 atom stereocenters. The van der Waals surface area contributed by atoms with Crippen molar-refractivity contribution in [1.82, 2.24) is 10.2 Å². The third kappa shape index (κ3) is 7.11. The lowest BCUT2D eigenvalue weighted by atomic mass is 10.1. The number of benzene rings is 3. The molecular formula is C26H26Cl2N2O2. The molecule has 6 heteroatoms. The van der Waals surface area contributed by atoms with Gasteiger partial charge in [0.15, 0.2) is 0 Å². The molecule has 0 bridgehead atoms. The van der Waals surface area contributed by atoms with Gasteiger partial charge < -0.3 is 10.2 Å². The first kappa shape index (κ1) is 23.8. The molecule has 0 fully saturated rings. The highest BCUT2D eigenvalue weighted by Crippen LogP contribution is 2.16. The van der Waals surface area contributed by atoms with Crippen LogP contribution in [0.1, 0.15) is 23.6 Å². The van der Waals surface area contributed by atoms with Gasteiger partial charge in [0.05, 0.1) is 6.42 Å². The number of carbonyl (C=O) groups excluding carboxylic acids is 2. The molecule has 4 nitrogen and oxygen atoms in total. The Morgan fingerprint density at radius 1 is 0.812 bits per heavy atom. The zero-order valence-corrected chi connectivity index (χ0v) is 19.4. The van der Waals surface area contributed by atoms with Gasteiger partial charge >= 0.3 is 0 Å². The molecule has 0 aliphatic rings. The lowest BCUT2D eigenvalue weighted by molar-refractivity contribution is -0.140. The van der Waals surface area contributed by atoms with Crippen LogP contribution in [0.2, 0.25) is 10.0 Å². The third-order valence-electron chi connectivity index (χ3n) is 5.26. The Balaban J connectivity index is 1.69. The van der Waals surface area contributed by atoms with Crippen molar-refractivity contribution in [2.75, 3.05) is 6.54 Å². The first-order chi connectivity index (χ1) is 15.4. The summed E-state index contributed by atoms with van der Waals surface area (Å²) in [6, 6.07) is 23.8. The minimum absolute atomic E-state index is 0.131. The maximum atomic E-state index is 13.2. The van der Waals surface area contributed by atoms with Gasteiger partial charge in [0.2, 0.25) is 11.8 Å². The molecule has 0 aliphatic heterocycles. The Bertz CT molecular complexity index is 1020. The Kier molecular flexibility index (Phi) is 8.72. The normalized spacial score (nSPS) is 11.6. The minimum atomic E-state index is -0.624. The van der Waals surface area contributed by atoms with Crippen LogP contribution in [0.3, 0.4) is 0 Å². The van der Waals surface area contributed by atoms with Gasteiger partial charge in [-0.3, -0.25) is 9.59 Å². The molecule has 0 aliphatic carbocycles. The summed E-state index contributed by atoms with van der Waals surface area (Å²) in [5, 5.41) is 4.20. The molecule has 0 saturated carbocycles. The van der Waals surface area contributed by atoms with Crippen molar-refractivity contribution >= 4 is 35.0 Å². The first-order valence-corrected chi connectivity index (χ1v) is 11.3. The molecule has 0 unspecified atom stereocenters. The van der Waals surface area contributed by atoms with Crippen LogP contribution in [0.25, 0.3) is 0 Å². The average molecular weight is 469 g/mol. The number of carbonyl (C=O) groups is 2. The molecule has 166 valence electrons. The van der Waals surface area contributed by atoms with E-state index in [2.05, 4.69) is 5.32 Å². The highest BCUT2D eigenvalue weighted by Gasteiger charge is 2.26. The summed E-state index contributed by atoms with van der Waals surface area (Å²) in [5.74, 6) is -0.313. The van der Waals surface area contributed by atoms with E-state index in [4.69, 9.17) is 23.2 Å². The first-order valence-electron chi connectivity index (χ1n) is 10.5. The van der Waals surface area contributed by atoms with Gasteiger partial charge in [-0.1, -0.05) is 77.8 Å².